The Balaban J connectivity index is 2.54. The molecule has 0 aromatic heterocycles. The van der Waals surface area contributed by atoms with Crippen molar-refractivity contribution in [1.29, 1.82) is 0 Å². The van der Waals surface area contributed by atoms with Gasteiger partial charge in [0, 0.05) is 38.8 Å². The van der Waals surface area contributed by atoms with E-state index in [4.69, 9.17) is 4.74 Å². The lowest BCUT2D eigenvalue weighted by Gasteiger charge is -2.36. The highest BCUT2D eigenvalue weighted by Crippen LogP contribution is 2.25. The second-order valence-electron chi connectivity index (χ2n) is 6.87. The van der Waals surface area contributed by atoms with Crippen LogP contribution < -0.4 is 5.32 Å². The summed E-state index contributed by atoms with van der Waals surface area (Å²) in [6, 6.07) is 0.572. The third-order valence-electron chi connectivity index (χ3n) is 3.93. The zero-order chi connectivity index (χ0) is 14.3. The van der Waals surface area contributed by atoms with Crippen LogP contribution in [-0.2, 0) is 4.74 Å². The third kappa shape index (κ3) is 6.73. The minimum absolute atomic E-state index is 0.378. The molecule has 1 rings (SSSR count). The first kappa shape index (κ1) is 16.9. The van der Waals surface area contributed by atoms with Gasteiger partial charge in [0.15, 0.2) is 0 Å². The Hall–Kier alpha value is -0.120. The Morgan fingerprint density at radius 1 is 1.42 bits per heavy atom. The third-order valence-corrected chi connectivity index (χ3v) is 3.93. The molecule has 3 nitrogen and oxygen atoms in total. The Morgan fingerprint density at radius 2 is 2.16 bits per heavy atom. The number of ether oxygens (including phenoxy) is 1. The molecule has 1 N–H and O–H groups in total. The van der Waals surface area contributed by atoms with Gasteiger partial charge in [0.1, 0.15) is 0 Å². The van der Waals surface area contributed by atoms with Crippen LogP contribution in [0.1, 0.15) is 53.9 Å². The van der Waals surface area contributed by atoms with Crippen LogP contribution in [-0.4, -0.2) is 49.8 Å². The summed E-state index contributed by atoms with van der Waals surface area (Å²) < 4.78 is 5.75. The molecule has 0 aromatic carbocycles. The summed E-state index contributed by atoms with van der Waals surface area (Å²) in [6.07, 6.45) is 4.10. The van der Waals surface area contributed by atoms with E-state index < -0.39 is 0 Å². The van der Waals surface area contributed by atoms with Gasteiger partial charge in [-0.3, -0.25) is 0 Å². The number of nitrogens with one attached hydrogen (secondary N) is 1. The minimum atomic E-state index is 0.378. The Bertz CT molecular complexity index is 245. The maximum atomic E-state index is 5.75. The van der Waals surface area contributed by atoms with Crippen molar-refractivity contribution in [2.24, 2.45) is 5.41 Å². The highest BCUT2D eigenvalue weighted by molar-refractivity contribution is 4.82. The first-order valence-electron chi connectivity index (χ1n) is 8.02. The molecular formula is C16H34N2O. The SMILES string of the molecule is CCCC(C)(CNC(C)C)CN1CCCOC(C)C1. The molecule has 0 radical (unpaired) electrons. The van der Waals surface area contributed by atoms with Crippen molar-refractivity contribution in [2.45, 2.75) is 66.0 Å². The van der Waals surface area contributed by atoms with Crippen LogP contribution in [0.25, 0.3) is 0 Å². The normalized spacial score (nSPS) is 25.3. The Labute approximate surface area is 120 Å². The number of rotatable bonds is 7. The van der Waals surface area contributed by atoms with E-state index in [2.05, 4.69) is 44.8 Å². The molecule has 1 fully saturated rings. The fourth-order valence-electron chi connectivity index (χ4n) is 3.04. The van der Waals surface area contributed by atoms with Crippen LogP contribution in [0, 0.1) is 5.41 Å². The highest BCUT2D eigenvalue weighted by Gasteiger charge is 2.27. The molecule has 1 heterocycles. The number of hydrogen-bond donors (Lipinski definition) is 1. The molecular weight excluding hydrogens is 236 g/mol. The van der Waals surface area contributed by atoms with Gasteiger partial charge in [0.25, 0.3) is 0 Å². The zero-order valence-electron chi connectivity index (χ0n) is 13.7. The lowest BCUT2D eigenvalue weighted by atomic mass is 9.84. The van der Waals surface area contributed by atoms with E-state index in [1.54, 1.807) is 0 Å². The van der Waals surface area contributed by atoms with E-state index in [9.17, 15) is 0 Å². The van der Waals surface area contributed by atoms with Crippen LogP contribution in [0.4, 0.5) is 0 Å². The fourth-order valence-corrected chi connectivity index (χ4v) is 3.04. The summed E-state index contributed by atoms with van der Waals surface area (Å²) >= 11 is 0. The predicted molar refractivity (Wildman–Crippen MR) is 82.6 cm³/mol. The number of hydrogen-bond acceptors (Lipinski definition) is 3. The maximum absolute atomic E-state index is 5.75. The van der Waals surface area contributed by atoms with Gasteiger partial charge in [-0.2, -0.15) is 0 Å². The smallest absolute Gasteiger partial charge is 0.0673 e. The molecule has 1 aliphatic heterocycles. The lowest BCUT2D eigenvalue weighted by molar-refractivity contribution is 0.0591. The van der Waals surface area contributed by atoms with Crippen molar-refractivity contribution in [3.8, 4) is 0 Å². The average Bonchev–Trinajstić information content (AvgIpc) is 2.51. The lowest BCUT2D eigenvalue weighted by Crippen LogP contribution is -2.45. The molecule has 0 amide bonds. The van der Waals surface area contributed by atoms with Crippen LogP contribution in [0.15, 0.2) is 0 Å². The van der Waals surface area contributed by atoms with Gasteiger partial charge in [-0.05, 0) is 25.2 Å². The van der Waals surface area contributed by atoms with Gasteiger partial charge in [-0.25, -0.2) is 0 Å². The molecule has 1 saturated heterocycles. The quantitative estimate of drug-likeness (QED) is 0.770. The molecule has 0 spiro atoms. The van der Waals surface area contributed by atoms with Crippen LogP contribution in [0.2, 0.25) is 0 Å². The van der Waals surface area contributed by atoms with Crippen molar-refractivity contribution in [1.82, 2.24) is 10.2 Å². The largest absolute Gasteiger partial charge is 0.377 e. The summed E-state index contributed by atoms with van der Waals surface area (Å²) in [5.74, 6) is 0. The van der Waals surface area contributed by atoms with Gasteiger partial charge in [0.2, 0.25) is 0 Å². The van der Waals surface area contributed by atoms with Crippen molar-refractivity contribution < 1.29 is 4.74 Å². The molecule has 1 aliphatic rings. The maximum Gasteiger partial charge on any atom is 0.0673 e. The molecule has 0 aromatic rings. The molecule has 0 aliphatic carbocycles. The molecule has 0 saturated carbocycles. The van der Waals surface area contributed by atoms with E-state index in [1.807, 2.05) is 0 Å². The van der Waals surface area contributed by atoms with E-state index in [0.29, 0.717) is 17.6 Å². The van der Waals surface area contributed by atoms with E-state index in [0.717, 1.165) is 19.7 Å². The van der Waals surface area contributed by atoms with Crippen LogP contribution in [0.3, 0.4) is 0 Å². The van der Waals surface area contributed by atoms with Crippen LogP contribution >= 0.6 is 0 Å². The predicted octanol–water partition coefficient (Wildman–Crippen LogP) is 2.90. The summed E-state index contributed by atoms with van der Waals surface area (Å²) in [7, 11) is 0. The van der Waals surface area contributed by atoms with Crippen molar-refractivity contribution in [2.75, 3.05) is 32.8 Å². The topological polar surface area (TPSA) is 24.5 Å². The monoisotopic (exact) mass is 270 g/mol. The summed E-state index contributed by atoms with van der Waals surface area (Å²) in [5.41, 5.74) is 0.378. The molecule has 3 heteroatoms. The standard InChI is InChI=1S/C16H34N2O/c1-6-8-16(5,12-17-14(2)3)13-18-9-7-10-19-15(4)11-18/h14-15,17H,6-13H2,1-5H3. The van der Waals surface area contributed by atoms with Gasteiger partial charge in [0.05, 0.1) is 6.10 Å². The average molecular weight is 270 g/mol. The van der Waals surface area contributed by atoms with E-state index >= 15 is 0 Å². The Kier molecular flexibility index (Phi) is 7.33. The van der Waals surface area contributed by atoms with E-state index in [-0.39, 0.29) is 0 Å². The van der Waals surface area contributed by atoms with Crippen molar-refractivity contribution >= 4 is 0 Å². The van der Waals surface area contributed by atoms with Gasteiger partial charge >= 0.3 is 0 Å². The molecule has 2 unspecified atom stereocenters. The second kappa shape index (κ2) is 8.23. The molecule has 19 heavy (non-hydrogen) atoms. The second-order valence-corrected chi connectivity index (χ2v) is 6.87. The summed E-state index contributed by atoms with van der Waals surface area (Å²) in [6.45, 7) is 16.9. The fraction of sp³-hybridized carbons (Fsp3) is 1.00. The zero-order valence-corrected chi connectivity index (χ0v) is 13.7. The first-order valence-corrected chi connectivity index (χ1v) is 8.02. The van der Waals surface area contributed by atoms with E-state index in [1.165, 1.54) is 32.4 Å². The first-order chi connectivity index (χ1) is 8.95. The summed E-state index contributed by atoms with van der Waals surface area (Å²) in [4.78, 5) is 2.61. The molecule has 2 atom stereocenters. The van der Waals surface area contributed by atoms with Gasteiger partial charge in [-0.1, -0.05) is 34.1 Å². The number of nitrogens with zero attached hydrogens (tertiary/aromatic N) is 1. The Morgan fingerprint density at radius 3 is 2.79 bits per heavy atom. The van der Waals surface area contributed by atoms with Gasteiger partial charge in [-0.15, -0.1) is 0 Å². The molecule has 114 valence electrons. The van der Waals surface area contributed by atoms with Gasteiger partial charge < -0.3 is 15.0 Å². The minimum Gasteiger partial charge on any atom is -0.377 e. The highest BCUT2D eigenvalue weighted by atomic mass is 16.5. The van der Waals surface area contributed by atoms with Crippen molar-refractivity contribution in [3.05, 3.63) is 0 Å². The summed E-state index contributed by atoms with van der Waals surface area (Å²) in [5, 5.41) is 3.63. The van der Waals surface area contributed by atoms with Crippen molar-refractivity contribution in [3.63, 3.8) is 0 Å². The van der Waals surface area contributed by atoms with Crippen LogP contribution in [0.5, 0.6) is 0 Å². The molecule has 0 bridgehead atoms.